The Bertz CT molecular complexity index is 930. The highest BCUT2D eigenvalue weighted by Crippen LogP contribution is 2.55. The first-order valence-corrected chi connectivity index (χ1v) is 11.1. The minimum atomic E-state index is 0.199. The zero-order valence-electron chi connectivity index (χ0n) is 15.8. The lowest BCUT2D eigenvalue weighted by molar-refractivity contribution is 0.415. The molecule has 4 rings (SSSR count). The normalized spacial score (nSPS) is 14.4. The van der Waals surface area contributed by atoms with E-state index in [4.69, 9.17) is 0 Å². The summed E-state index contributed by atoms with van der Waals surface area (Å²) in [5.74, 6) is 0. The van der Waals surface area contributed by atoms with Gasteiger partial charge in [-0.25, -0.2) is 0 Å². The molecule has 26 heavy (non-hydrogen) atoms. The standard InChI is InChI=1S/C25H27I/c1-3-5-13-25(14-6-4-2)23-12-11-20(26)17-22(23)21-15-18-9-7-8-10-19(18)16-24(21)25/h7-12,15-17H,3-6,13-14H2,1-2H3. The molecule has 3 aromatic rings. The third-order valence-electron chi connectivity index (χ3n) is 6.10. The van der Waals surface area contributed by atoms with Crippen LogP contribution in [0.4, 0.5) is 0 Å². The topological polar surface area (TPSA) is 0 Å². The molecular formula is C25H27I. The van der Waals surface area contributed by atoms with E-state index >= 15 is 0 Å². The van der Waals surface area contributed by atoms with E-state index < -0.39 is 0 Å². The molecule has 0 saturated heterocycles. The van der Waals surface area contributed by atoms with Gasteiger partial charge in [-0.3, -0.25) is 0 Å². The summed E-state index contributed by atoms with van der Waals surface area (Å²) >= 11 is 2.46. The number of rotatable bonds is 6. The van der Waals surface area contributed by atoms with Crippen molar-refractivity contribution in [1.82, 2.24) is 0 Å². The lowest BCUT2D eigenvalue weighted by Crippen LogP contribution is -2.25. The Kier molecular flexibility index (Phi) is 5.09. The number of hydrogen-bond acceptors (Lipinski definition) is 0. The fraction of sp³-hybridized carbons (Fsp3) is 0.360. The summed E-state index contributed by atoms with van der Waals surface area (Å²) in [5.41, 5.74) is 6.31. The molecule has 0 heterocycles. The van der Waals surface area contributed by atoms with Crippen molar-refractivity contribution in [1.29, 1.82) is 0 Å². The molecular weight excluding hydrogens is 427 g/mol. The van der Waals surface area contributed by atoms with E-state index in [1.807, 2.05) is 0 Å². The molecule has 0 spiro atoms. The Morgan fingerprint density at radius 2 is 1.35 bits per heavy atom. The van der Waals surface area contributed by atoms with Gasteiger partial charge >= 0.3 is 0 Å². The molecule has 0 fully saturated rings. The van der Waals surface area contributed by atoms with Gasteiger partial charge in [-0.05, 0) is 92.7 Å². The van der Waals surface area contributed by atoms with E-state index in [1.54, 1.807) is 11.1 Å². The highest BCUT2D eigenvalue weighted by Gasteiger charge is 2.42. The monoisotopic (exact) mass is 454 g/mol. The molecule has 1 heteroatoms. The van der Waals surface area contributed by atoms with Crippen LogP contribution in [0.1, 0.15) is 63.5 Å². The van der Waals surface area contributed by atoms with Crippen LogP contribution in [0.2, 0.25) is 0 Å². The van der Waals surface area contributed by atoms with Crippen LogP contribution in [0.25, 0.3) is 21.9 Å². The van der Waals surface area contributed by atoms with Crippen molar-refractivity contribution in [3.63, 3.8) is 0 Å². The van der Waals surface area contributed by atoms with Crippen LogP contribution < -0.4 is 0 Å². The number of halogens is 1. The van der Waals surface area contributed by atoms with Gasteiger partial charge in [0.05, 0.1) is 0 Å². The average molecular weight is 454 g/mol. The van der Waals surface area contributed by atoms with E-state index in [-0.39, 0.29) is 5.41 Å². The zero-order valence-corrected chi connectivity index (χ0v) is 18.0. The maximum absolute atomic E-state index is 2.50. The molecule has 0 bridgehead atoms. The highest BCUT2D eigenvalue weighted by atomic mass is 127. The molecule has 1 aliphatic rings. The lowest BCUT2D eigenvalue weighted by Gasteiger charge is -2.33. The van der Waals surface area contributed by atoms with Gasteiger partial charge in [-0.1, -0.05) is 69.9 Å². The van der Waals surface area contributed by atoms with Crippen molar-refractivity contribution < 1.29 is 0 Å². The minimum Gasteiger partial charge on any atom is -0.0654 e. The second-order valence-electron chi connectivity index (χ2n) is 7.72. The zero-order chi connectivity index (χ0) is 18.1. The third-order valence-corrected chi connectivity index (χ3v) is 6.77. The third kappa shape index (κ3) is 2.89. The van der Waals surface area contributed by atoms with Crippen molar-refractivity contribution in [3.05, 3.63) is 69.3 Å². The summed E-state index contributed by atoms with van der Waals surface area (Å²) in [6, 6.07) is 20.9. The van der Waals surface area contributed by atoms with Crippen LogP contribution in [0.15, 0.2) is 54.6 Å². The fourth-order valence-electron chi connectivity index (χ4n) is 4.78. The summed E-state index contributed by atoms with van der Waals surface area (Å²) in [7, 11) is 0. The maximum atomic E-state index is 2.50. The Hall–Kier alpha value is -1.35. The molecule has 134 valence electrons. The van der Waals surface area contributed by atoms with Gasteiger partial charge in [-0.2, -0.15) is 0 Å². The van der Waals surface area contributed by atoms with Crippen LogP contribution in [-0.4, -0.2) is 0 Å². The summed E-state index contributed by atoms with van der Waals surface area (Å²) in [6.45, 7) is 4.64. The van der Waals surface area contributed by atoms with Gasteiger partial charge in [0.1, 0.15) is 0 Å². The van der Waals surface area contributed by atoms with Gasteiger partial charge < -0.3 is 0 Å². The Labute approximate surface area is 171 Å². The van der Waals surface area contributed by atoms with E-state index in [1.165, 1.54) is 64.0 Å². The van der Waals surface area contributed by atoms with Crippen LogP contribution in [-0.2, 0) is 5.41 Å². The number of hydrogen-bond donors (Lipinski definition) is 0. The van der Waals surface area contributed by atoms with Crippen molar-refractivity contribution in [2.75, 3.05) is 0 Å². The fourth-order valence-corrected chi connectivity index (χ4v) is 5.27. The molecule has 0 nitrogen and oxygen atoms in total. The Balaban J connectivity index is 2.01. The van der Waals surface area contributed by atoms with Crippen molar-refractivity contribution in [2.45, 2.75) is 57.8 Å². The van der Waals surface area contributed by atoms with Crippen LogP contribution in [0, 0.1) is 3.57 Å². The molecule has 0 N–H and O–H groups in total. The van der Waals surface area contributed by atoms with Crippen molar-refractivity contribution in [2.24, 2.45) is 0 Å². The van der Waals surface area contributed by atoms with Crippen LogP contribution >= 0.6 is 22.6 Å². The summed E-state index contributed by atoms with van der Waals surface area (Å²) < 4.78 is 1.34. The second kappa shape index (κ2) is 7.34. The number of fused-ring (bicyclic) bond motifs is 4. The second-order valence-corrected chi connectivity index (χ2v) is 8.97. The predicted molar refractivity (Wildman–Crippen MR) is 122 cm³/mol. The molecule has 0 aliphatic heterocycles. The predicted octanol–water partition coefficient (Wildman–Crippen LogP) is 8.09. The minimum absolute atomic E-state index is 0.199. The Morgan fingerprint density at radius 3 is 2.00 bits per heavy atom. The quantitative estimate of drug-likeness (QED) is 0.330. The molecule has 1 aliphatic carbocycles. The number of unbranched alkanes of at least 4 members (excludes halogenated alkanes) is 2. The van der Waals surface area contributed by atoms with Crippen molar-refractivity contribution >= 4 is 33.4 Å². The summed E-state index contributed by atoms with van der Waals surface area (Å²) in [4.78, 5) is 0. The smallest absolute Gasteiger partial charge is 0.0215 e. The van der Waals surface area contributed by atoms with Gasteiger partial charge in [0.15, 0.2) is 0 Å². The molecule has 0 saturated carbocycles. The van der Waals surface area contributed by atoms with E-state index in [2.05, 4.69) is 91.0 Å². The van der Waals surface area contributed by atoms with E-state index in [0.29, 0.717) is 0 Å². The van der Waals surface area contributed by atoms with Gasteiger partial charge in [0.2, 0.25) is 0 Å². The van der Waals surface area contributed by atoms with Gasteiger partial charge in [0, 0.05) is 8.99 Å². The molecule has 3 aromatic carbocycles. The first kappa shape index (κ1) is 18.0. The van der Waals surface area contributed by atoms with Gasteiger partial charge in [-0.15, -0.1) is 0 Å². The molecule has 0 amide bonds. The van der Waals surface area contributed by atoms with Crippen molar-refractivity contribution in [3.8, 4) is 11.1 Å². The lowest BCUT2D eigenvalue weighted by atomic mass is 9.70. The van der Waals surface area contributed by atoms with E-state index in [9.17, 15) is 0 Å². The average Bonchev–Trinajstić information content (AvgIpc) is 2.92. The van der Waals surface area contributed by atoms with Crippen LogP contribution in [0.5, 0.6) is 0 Å². The van der Waals surface area contributed by atoms with Crippen LogP contribution in [0.3, 0.4) is 0 Å². The largest absolute Gasteiger partial charge is 0.0654 e. The molecule has 0 aromatic heterocycles. The first-order chi connectivity index (χ1) is 12.7. The Morgan fingerprint density at radius 1 is 0.731 bits per heavy atom. The number of benzene rings is 3. The highest BCUT2D eigenvalue weighted by molar-refractivity contribution is 14.1. The SMILES string of the molecule is CCCCC1(CCCC)c2ccc(I)cc2-c2cc3ccccc3cc21. The van der Waals surface area contributed by atoms with E-state index in [0.717, 1.165) is 0 Å². The summed E-state index contributed by atoms with van der Waals surface area (Å²) in [6.07, 6.45) is 7.64. The molecule has 0 atom stereocenters. The van der Waals surface area contributed by atoms with Gasteiger partial charge in [0.25, 0.3) is 0 Å². The first-order valence-electron chi connectivity index (χ1n) is 10.0. The molecule has 0 radical (unpaired) electrons. The molecule has 0 unspecified atom stereocenters. The summed E-state index contributed by atoms with van der Waals surface area (Å²) in [5, 5.41) is 2.74. The maximum Gasteiger partial charge on any atom is 0.0215 e.